The van der Waals surface area contributed by atoms with Gasteiger partial charge in [-0.05, 0) is 39.0 Å². The highest BCUT2D eigenvalue weighted by atomic mass is 16.6. The van der Waals surface area contributed by atoms with Gasteiger partial charge in [0.1, 0.15) is 5.60 Å². The lowest BCUT2D eigenvalue weighted by Gasteiger charge is -2.19. The maximum Gasteiger partial charge on any atom is 0.407 e. The second kappa shape index (κ2) is 6.51. The van der Waals surface area contributed by atoms with Crippen LogP contribution in [0.25, 0.3) is 10.9 Å². The molecule has 0 fully saturated rings. The lowest BCUT2D eigenvalue weighted by Crippen LogP contribution is -2.35. The Bertz CT molecular complexity index is 671. The summed E-state index contributed by atoms with van der Waals surface area (Å²) in [7, 11) is 0. The molecule has 0 aliphatic rings. The van der Waals surface area contributed by atoms with Gasteiger partial charge in [0.25, 0.3) is 0 Å². The van der Waals surface area contributed by atoms with E-state index in [0.717, 1.165) is 22.9 Å². The molecule has 0 spiro atoms. The fourth-order valence-corrected chi connectivity index (χ4v) is 2.11. The van der Waals surface area contributed by atoms with Crippen LogP contribution in [-0.4, -0.2) is 36.1 Å². The van der Waals surface area contributed by atoms with Crippen LogP contribution in [0.3, 0.4) is 0 Å². The van der Waals surface area contributed by atoms with Gasteiger partial charge < -0.3 is 20.4 Å². The Kier molecular flexibility index (Phi) is 4.70. The van der Waals surface area contributed by atoms with Crippen LogP contribution in [0.2, 0.25) is 0 Å². The summed E-state index contributed by atoms with van der Waals surface area (Å²) in [5, 5.41) is 6.81. The standard InChI is InChI=1S/C16H21N3O3/c1-16(2,3)22-15(21)19-9-8-18-14-11(10-20)4-5-13-12(14)6-7-17-13/h4-7,10,17-18H,8-9H2,1-3H3,(H,19,21). The van der Waals surface area contributed by atoms with Crippen LogP contribution in [0.4, 0.5) is 10.5 Å². The molecule has 3 N–H and O–H groups in total. The molecule has 0 saturated carbocycles. The van der Waals surface area contributed by atoms with Crippen molar-refractivity contribution in [2.24, 2.45) is 0 Å². The zero-order valence-corrected chi connectivity index (χ0v) is 13.0. The Morgan fingerprint density at radius 1 is 1.27 bits per heavy atom. The monoisotopic (exact) mass is 303 g/mol. The zero-order valence-electron chi connectivity index (χ0n) is 13.0. The molecule has 6 heteroatoms. The minimum absolute atomic E-state index is 0.397. The maximum absolute atomic E-state index is 11.5. The van der Waals surface area contributed by atoms with Gasteiger partial charge in [0.05, 0.1) is 5.69 Å². The summed E-state index contributed by atoms with van der Waals surface area (Å²) in [6.45, 7) is 6.33. The van der Waals surface area contributed by atoms with Crippen molar-refractivity contribution >= 4 is 29.0 Å². The third-order valence-electron chi connectivity index (χ3n) is 2.99. The fourth-order valence-electron chi connectivity index (χ4n) is 2.11. The fraction of sp³-hybridized carbons (Fsp3) is 0.375. The van der Waals surface area contributed by atoms with Crippen LogP contribution >= 0.6 is 0 Å². The Morgan fingerprint density at radius 2 is 2.05 bits per heavy atom. The molecule has 6 nitrogen and oxygen atoms in total. The number of amides is 1. The summed E-state index contributed by atoms with van der Waals surface area (Å²) in [4.78, 5) is 25.8. The smallest absolute Gasteiger partial charge is 0.407 e. The van der Waals surface area contributed by atoms with Crippen molar-refractivity contribution in [3.8, 4) is 0 Å². The maximum atomic E-state index is 11.5. The molecule has 0 radical (unpaired) electrons. The predicted octanol–water partition coefficient (Wildman–Crippen LogP) is 2.92. The largest absolute Gasteiger partial charge is 0.444 e. The number of carbonyl (C=O) groups is 2. The average molecular weight is 303 g/mol. The van der Waals surface area contributed by atoms with Crippen LogP contribution in [0.15, 0.2) is 24.4 Å². The third-order valence-corrected chi connectivity index (χ3v) is 2.99. The molecule has 1 aromatic carbocycles. The van der Waals surface area contributed by atoms with E-state index in [0.29, 0.717) is 18.7 Å². The number of hydrogen-bond donors (Lipinski definition) is 3. The lowest BCUT2D eigenvalue weighted by atomic mass is 10.1. The molecule has 118 valence electrons. The van der Waals surface area contributed by atoms with E-state index in [4.69, 9.17) is 4.74 Å². The molecular weight excluding hydrogens is 282 g/mol. The number of anilines is 1. The normalized spacial score (nSPS) is 11.2. The highest BCUT2D eigenvalue weighted by Gasteiger charge is 2.15. The summed E-state index contributed by atoms with van der Waals surface area (Å²) in [5.41, 5.74) is 1.79. The second-order valence-electron chi connectivity index (χ2n) is 5.94. The van der Waals surface area contributed by atoms with Crippen molar-refractivity contribution in [3.63, 3.8) is 0 Å². The number of hydrogen-bond acceptors (Lipinski definition) is 4. The van der Waals surface area contributed by atoms with Crippen LogP contribution in [-0.2, 0) is 4.74 Å². The molecule has 1 heterocycles. The number of aromatic amines is 1. The molecule has 1 amide bonds. The molecule has 0 unspecified atom stereocenters. The molecule has 0 atom stereocenters. The molecular formula is C16H21N3O3. The van der Waals surface area contributed by atoms with Gasteiger partial charge in [-0.15, -0.1) is 0 Å². The van der Waals surface area contributed by atoms with Gasteiger partial charge in [0, 0.05) is 35.8 Å². The first-order chi connectivity index (χ1) is 10.4. The van der Waals surface area contributed by atoms with Crippen molar-refractivity contribution in [1.29, 1.82) is 0 Å². The van der Waals surface area contributed by atoms with E-state index in [1.807, 2.05) is 39.1 Å². The van der Waals surface area contributed by atoms with Gasteiger partial charge in [-0.25, -0.2) is 4.79 Å². The van der Waals surface area contributed by atoms with E-state index in [2.05, 4.69) is 15.6 Å². The second-order valence-corrected chi connectivity index (χ2v) is 5.94. The zero-order chi connectivity index (χ0) is 16.2. The van der Waals surface area contributed by atoms with Crippen molar-refractivity contribution in [2.45, 2.75) is 26.4 Å². The number of alkyl carbamates (subject to hydrolysis) is 1. The average Bonchev–Trinajstić information content (AvgIpc) is 2.90. The Labute approximate surface area is 129 Å². The van der Waals surface area contributed by atoms with Gasteiger partial charge in [-0.1, -0.05) is 0 Å². The summed E-state index contributed by atoms with van der Waals surface area (Å²) >= 11 is 0. The molecule has 2 rings (SSSR count). The SMILES string of the molecule is CC(C)(C)OC(=O)NCCNc1c(C=O)ccc2[nH]ccc12. The molecule has 22 heavy (non-hydrogen) atoms. The summed E-state index contributed by atoms with van der Waals surface area (Å²) < 4.78 is 5.15. The molecule has 2 aromatic rings. The van der Waals surface area contributed by atoms with E-state index < -0.39 is 11.7 Å². The highest BCUT2D eigenvalue weighted by molar-refractivity contribution is 6.01. The van der Waals surface area contributed by atoms with Crippen LogP contribution < -0.4 is 10.6 Å². The van der Waals surface area contributed by atoms with Crippen molar-refractivity contribution in [3.05, 3.63) is 30.0 Å². The Balaban J connectivity index is 1.93. The molecule has 0 saturated heterocycles. The summed E-state index contributed by atoms with van der Waals surface area (Å²) in [6, 6.07) is 5.53. The molecule has 0 bridgehead atoms. The van der Waals surface area contributed by atoms with E-state index >= 15 is 0 Å². The number of rotatable bonds is 5. The third kappa shape index (κ3) is 4.00. The molecule has 0 aliphatic heterocycles. The van der Waals surface area contributed by atoms with Crippen LogP contribution in [0.5, 0.6) is 0 Å². The molecule has 1 aromatic heterocycles. The van der Waals surface area contributed by atoms with Gasteiger partial charge >= 0.3 is 6.09 Å². The van der Waals surface area contributed by atoms with Crippen molar-refractivity contribution in [1.82, 2.24) is 10.3 Å². The van der Waals surface area contributed by atoms with Crippen molar-refractivity contribution in [2.75, 3.05) is 18.4 Å². The van der Waals surface area contributed by atoms with Gasteiger partial charge in [0.15, 0.2) is 6.29 Å². The van der Waals surface area contributed by atoms with Crippen LogP contribution in [0.1, 0.15) is 31.1 Å². The van der Waals surface area contributed by atoms with Gasteiger partial charge in [0.2, 0.25) is 0 Å². The number of H-pyrrole nitrogens is 1. The minimum Gasteiger partial charge on any atom is -0.444 e. The first-order valence-electron chi connectivity index (χ1n) is 7.17. The number of benzene rings is 1. The summed E-state index contributed by atoms with van der Waals surface area (Å²) in [6.07, 6.45) is 2.18. The van der Waals surface area contributed by atoms with Gasteiger partial charge in [-0.3, -0.25) is 4.79 Å². The Hall–Kier alpha value is -2.50. The number of fused-ring (bicyclic) bond motifs is 1. The van der Waals surface area contributed by atoms with E-state index in [1.54, 1.807) is 6.07 Å². The number of nitrogens with one attached hydrogen (secondary N) is 3. The van der Waals surface area contributed by atoms with E-state index in [-0.39, 0.29) is 0 Å². The van der Waals surface area contributed by atoms with E-state index in [9.17, 15) is 9.59 Å². The minimum atomic E-state index is -0.515. The first-order valence-corrected chi connectivity index (χ1v) is 7.17. The first kappa shape index (κ1) is 15.9. The van der Waals surface area contributed by atoms with Crippen molar-refractivity contribution < 1.29 is 14.3 Å². The highest BCUT2D eigenvalue weighted by Crippen LogP contribution is 2.25. The van der Waals surface area contributed by atoms with E-state index in [1.165, 1.54) is 0 Å². The van der Waals surface area contributed by atoms with Crippen LogP contribution in [0, 0.1) is 0 Å². The van der Waals surface area contributed by atoms with Gasteiger partial charge in [-0.2, -0.15) is 0 Å². The topological polar surface area (TPSA) is 83.2 Å². The summed E-state index contributed by atoms with van der Waals surface area (Å²) in [5.74, 6) is 0. The quantitative estimate of drug-likeness (QED) is 0.586. The number of carbonyl (C=O) groups excluding carboxylic acids is 2. The number of aldehydes is 1. The predicted molar refractivity (Wildman–Crippen MR) is 86.4 cm³/mol. The molecule has 0 aliphatic carbocycles. The Morgan fingerprint density at radius 3 is 2.73 bits per heavy atom. The number of aromatic nitrogens is 1. The lowest BCUT2D eigenvalue weighted by molar-refractivity contribution is 0.0530. The number of ether oxygens (including phenoxy) is 1.